The molecule has 0 aliphatic heterocycles. The van der Waals surface area contributed by atoms with Crippen molar-refractivity contribution in [2.75, 3.05) is 19.0 Å². The fraction of sp³-hybridized carbons (Fsp3) is 0.278. The number of methoxy groups -OCH3 is 1. The zero-order chi connectivity index (χ0) is 16.8. The maximum absolute atomic E-state index is 13.0. The van der Waals surface area contributed by atoms with Gasteiger partial charge in [0.25, 0.3) is 0 Å². The number of hydrogen-bond acceptors (Lipinski definition) is 2. The van der Waals surface area contributed by atoms with Gasteiger partial charge in [-0.2, -0.15) is 0 Å². The van der Waals surface area contributed by atoms with Crippen molar-refractivity contribution in [1.82, 2.24) is 0 Å². The smallest absolute Gasteiger partial charge is 0.193 e. The van der Waals surface area contributed by atoms with Gasteiger partial charge in [0.1, 0.15) is 11.9 Å². The largest absolute Gasteiger partial charge is 0.375 e. The molecule has 1 atom stereocenters. The Morgan fingerprint density at radius 3 is 2.48 bits per heavy atom. The Morgan fingerprint density at radius 1 is 1.17 bits per heavy atom. The van der Waals surface area contributed by atoms with E-state index in [1.807, 2.05) is 25.1 Å². The Kier molecular flexibility index (Phi) is 5.71. The molecule has 0 aliphatic carbocycles. The van der Waals surface area contributed by atoms with Crippen molar-refractivity contribution in [2.24, 2.45) is 10.7 Å². The fourth-order valence-electron chi connectivity index (χ4n) is 2.18. The third-order valence-electron chi connectivity index (χ3n) is 3.73. The van der Waals surface area contributed by atoms with Crippen LogP contribution in [-0.4, -0.2) is 19.6 Å². The molecule has 122 valence electrons. The lowest BCUT2D eigenvalue weighted by Gasteiger charge is -2.14. The van der Waals surface area contributed by atoms with Crippen LogP contribution in [-0.2, 0) is 4.74 Å². The van der Waals surface area contributed by atoms with Crippen LogP contribution in [0.1, 0.15) is 22.8 Å². The summed E-state index contributed by atoms with van der Waals surface area (Å²) in [5.41, 5.74) is 10.1. The summed E-state index contributed by atoms with van der Waals surface area (Å²) in [5.74, 6) is 0.0421. The molecule has 0 aliphatic rings. The monoisotopic (exact) mass is 315 g/mol. The molecule has 2 rings (SSSR count). The molecule has 0 radical (unpaired) electrons. The van der Waals surface area contributed by atoms with Crippen LogP contribution in [0.5, 0.6) is 0 Å². The minimum absolute atomic E-state index is 0.268. The van der Waals surface area contributed by atoms with Gasteiger partial charge in [-0.05, 0) is 54.8 Å². The zero-order valence-corrected chi connectivity index (χ0v) is 13.6. The molecule has 0 saturated carbocycles. The van der Waals surface area contributed by atoms with E-state index in [1.54, 1.807) is 19.2 Å². The lowest BCUT2D eigenvalue weighted by atomic mass is 10.1. The highest BCUT2D eigenvalue weighted by molar-refractivity contribution is 5.92. The molecule has 5 heteroatoms. The Bertz CT molecular complexity index is 683. The first-order chi connectivity index (χ1) is 11.0. The van der Waals surface area contributed by atoms with Gasteiger partial charge < -0.3 is 15.8 Å². The average Bonchev–Trinajstić information content (AvgIpc) is 2.53. The molecule has 0 heterocycles. The number of nitrogens with zero attached hydrogens (tertiary/aromatic N) is 1. The van der Waals surface area contributed by atoms with Gasteiger partial charge in [0, 0.05) is 12.8 Å². The molecule has 1 unspecified atom stereocenters. The van der Waals surface area contributed by atoms with E-state index in [0.29, 0.717) is 12.5 Å². The summed E-state index contributed by atoms with van der Waals surface area (Å²) in [6.07, 6.45) is -0.268. The standard InChI is InChI=1S/C18H22FN3O/c1-12-4-9-16(10-13(12)2)22-18(20)21-11-17(23-3)14-5-7-15(19)8-6-14/h4-10,17H,11H2,1-3H3,(H3,20,21,22). The van der Waals surface area contributed by atoms with E-state index >= 15 is 0 Å². The summed E-state index contributed by atoms with van der Waals surface area (Å²) in [6, 6.07) is 12.2. The van der Waals surface area contributed by atoms with Crippen LogP contribution >= 0.6 is 0 Å². The second-order valence-electron chi connectivity index (χ2n) is 5.43. The Hall–Kier alpha value is -2.40. The Labute approximate surface area is 136 Å². The van der Waals surface area contributed by atoms with Crippen LogP contribution in [0.25, 0.3) is 0 Å². The highest BCUT2D eigenvalue weighted by atomic mass is 19.1. The predicted octanol–water partition coefficient (Wildman–Crippen LogP) is 3.56. The maximum atomic E-state index is 13.0. The molecule has 0 spiro atoms. The van der Waals surface area contributed by atoms with Crippen molar-refractivity contribution in [1.29, 1.82) is 0 Å². The molecule has 2 aromatic carbocycles. The number of ether oxygens (including phenoxy) is 1. The van der Waals surface area contributed by atoms with Gasteiger partial charge in [-0.15, -0.1) is 0 Å². The second kappa shape index (κ2) is 7.74. The normalized spacial score (nSPS) is 13.0. The molecule has 0 saturated heterocycles. The number of rotatable bonds is 5. The van der Waals surface area contributed by atoms with Gasteiger partial charge in [-0.3, -0.25) is 4.99 Å². The molecular formula is C18H22FN3O. The summed E-state index contributed by atoms with van der Waals surface area (Å²) in [7, 11) is 1.59. The number of benzene rings is 2. The number of aryl methyl sites for hydroxylation is 2. The van der Waals surface area contributed by atoms with Crippen LogP contribution in [0, 0.1) is 19.7 Å². The van der Waals surface area contributed by atoms with Crippen LogP contribution in [0.15, 0.2) is 47.5 Å². The fourth-order valence-corrected chi connectivity index (χ4v) is 2.18. The number of nitrogens with two attached hydrogens (primary N) is 1. The Balaban J connectivity index is 2.01. The van der Waals surface area contributed by atoms with E-state index in [2.05, 4.69) is 17.2 Å². The highest BCUT2D eigenvalue weighted by Crippen LogP contribution is 2.18. The van der Waals surface area contributed by atoms with Crippen molar-refractivity contribution in [3.05, 3.63) is 65.0 Å². The summed E-state index contributed by atoms with van der Waals surface area (Å²) < 4.78 is 18.4. The molecule has 23 heavy (non-hydrogen) atoms. The van der Waals surface area contributed by atoms with Gasteiger partial charge >= 0.3 is 0 Å². The second-order valence-corrected chi connectivity index (χ2v) is 5.43. The molecule has 4 nitrogen and oxygen atoms in total. The molecular weight excluding hydrogens is 293 g/mol. The zero-order valence-electron chi connectivity index (χ0n) is 13.6. The van der Waals surface area contributed by atoms with Gasteiger partial charge in [-0.1, -0.05) is 18.2 Å². The third-order valence-corrected chi connectivity index (χ3v) is 3.73. The SMILES string of the molecule is COC(CN=C(N)Nc1ccc(C)c(C)c1)c1ccc(F)cc1. The van der Waals surface area contributed by atoms with E-state index in [0.717, 1.165) is 11.3 Å². The number of hydrogen-bond donors (Lipinski definition) is 2. The van der Waals surface area contributed by atoms with Crippen molar-refractivity contribution < 1.29 is 9.13 Å². The minimum atomic E-state index is -0.275. The number of aliphatic imine (C=N–C) groups is 1. The summed E-state index contributed by atoms with van der Waals surface area (Å²) in [5, 5.41) is 3.06. The summed E-state index contributed by atoms with van der Waals surface area (Å²) in [4.78, 5) is 4.31. The number of guanidine groups is 1. The number of nitrogens with one attached hydrogen (secondary N) is 1. The average molecular weight is 315 g/mol. The number of halogens is 1. The lowest BCUT2D eigenvalue weighted by Crippen LogP contribution is -2.24. The third kappa shape index (κ3) is 4.79. The minimum Gasteiger partial charge on any atom is -0.375 e. The van der Waals surface area contributed by atoms with E-state index in [9.17, 15) is 4.39 Å². The van der Waals surface area contributed by atoms with E-state index in [-0.39, 0.29) is 11.9 Å². The molecule has 3 N–H and O–H groups in total. The van der Waals surface area contributed by atoms with Crippen LogP contribution < -0.4 is 11.1 Å². The van der Waals surface area contributed by atoms with Crippen molar-refractivity contribution in [3.8, 4) is 0 Å². The van der Waals surface area contributed by atoms with Crippen LogP contribution in [0.4, 0.5) is 10.1 Å². The molecule has 0 fully saturated rings. The van der Waals surface area contributed by atoms with Gasteiger partial charge in [0.15, 0.2) is 5.96 Å². The van der Waals surface area contributed by atoms with Gasteiger partial charge in [0.05, 0.1) is 6.54 Å². The summed E-state index contributed by atoms with van der Waals surface area (Å²) in [6.45, 7) is 4.46. The molecule has 0 aromatic heterocycles. The van der Waals surface area contributed by atoms with E-state index < -0.39 is 0 Å². The van der Waals surface area contributed by atoms with E-state index in [4.69, 9.17) is 10.5 Å². The van der Waals surface area contributed by atoms with Gasteiger partial charge in [-0.25, -0.2) is 4.39 Å². The number of anilines is 1. The highest BCUT2D eigenvalue weighted by Gasteiger charge is 2.10. The van der Waals surface area contributed by atoms with Gasteiger partial charge in [0.2, 0.25) is 0 Å². The first-order valence-corrected chi connectivity index (χ1v) is 7.42. The lowest BCUT2D eigenvalue weighted by molar-refractivity contribution is 0.111. The predicted molar refractivity (Wildman–Crippen MR) is 92.2 cm³/mol. The first-order valence-electron chi connectivity index (χ1n) is 7.42. The molecule has 0 bridgehead atoms. The maximum Gasteiger partial charge on any atom is 0.193 e. The van der Waals surface area contributed by atoms with Crippen molar-refractivity contribution >= 4 is 11.6 Å². The van der Waals surface area contributed by atoms with Crippen LogP contribution in [0.2, 0.25) is 0 Å². The van der Waals surface area contributed by atoms with Crippen molar-refractivity contribution in [2.45, 2.75) is 20.0 Å². The van der Waals surface area contributed by atoms with Crippen molar-refractivity contribution in [3.63, 3.8) is 0 Å². The van der Waals surface area contributed by atoms with E-state index in [1.165, 1.54) is 23.3 Å². The topological polar surface area (TPSA) is 59.6 Å². The molecule has 0 amide bonds. The first kappa shape index (κ1) is 17.0. The quantitative estimate of drug-likeness (QED) is 0.655. The summed E-state index contributed by atoms with van der Waals surface area (Å²) >= 11 is 0. The Morgan fingerprint density at radius 2 is 1.87 bits per heavy atom. The molecule has 2 aromatic rings. The van der Waals surface area contributed by atoms with Crippen LogP contribution in [0.3, 0.4) is 0 Å².